The molecule has 4 aromatic rings. The van der Waals surface area contributed by atoms with Crippen LogP contribution in [-0.4, -0.2) is 13.1 Å². The number of hydroxylamine groups is 1. The first-order valence-corrected chi connectivity index (χ1v) is 9.17. The van der Waals surface area contributed by atoms with E-state index < -0.39 is 0 Å². The van der Waals surface area contributed by atoms with E-state index in [1.165, 1.54) is 15.8 Å². The summed E-state index contributed by atoms with van der Waals surface area (Å²) in [5, 5.41) is 18.0. The van der Waals surface area contributed by atoms with Gasteiger partial charge in [0.15, 0.2) is 0 Å². The van der Waals surface area contributed by atoms with Crippen molar-refractivity contribution in [1.29, 1.82) is 5.41 Å². The molecule has 0 unspecified atom stereocenters. The first kappa shape index (κ1) is 16.5. The number of guanidine groups is 1. The van der Waals surface area contributed by atoms with Crippen molar-refractivity contribution in [2.75, 3.05) is 12.2 Å². The van der Waals surface area contributed by atoms with Crippen molar-refractivity contribution >= 4 is 45.0 Å². The third kappa shape index (κ3) is 2.54. The van der Waals surface area contributed by atoms with Crippen LogP contribution in [0, 0.1) is 5.41 Å². The van der Waals surface area contributed by atoms with E-state index in [9.17, 15) is 0 Å². The zero-order chi connectivity index (χ0) is 19.1. The van der Waals surface area contributed by atoms with E-state index in [1.54, 1.807) is 7.11 Å². The van der Waals surface area contributed by atoms with E-state index in [1.807, 2.05) is 36.4 Å². The summed E-state index contributed by atoms with van der Waals surface area (Å²) in [5.41, 5.74) is 4.00. The zero-order valence-electron chi connectivity index (χ0n) is 15.4. The Balaban J connectivity index is 1.51. The second-order valence-corrected chi connectivity index (χ2v) is 6.76. The molecule has 0 saturated heterocycles. The zero-order valence-corrected chi connectivity index (χ0v) is 15.4. The molecule has 0 amide bonds. The SMILES string of the molecule is CON(C(=N)NC1=Cc2cccc3cccc1c23)c1cccc2ccccc12. The average Bonchev–Trinajstić information content (AvgIpc) is 3.08. The van der Waals surface area contributed by atoms with Crippen molar-refractivity contribution < 1.29 is 4.84 Å². The maximum absolute atomic E-state index is 8.67. The molecular formula is C24H19N3O. The monoisotopic (exact) mass is 365 g/mol. The standard InChI is InChI=1S/C24H19N3O/c1-28-27(22-14-6-8-16-7-2-3-12-19(16)22)24(25)26-21-15-18-11-4-9-17-10-5-13-20(21)23(17)18/h2-15H,1H3,(H2,25,26). The number of benzene rings is 4. The third-order valence-corrected chi connectivity index (χ3v) is 5.15. The number of nitrogens with one attached hydrogen (secondary N) is 2. The Bertz CT molecular complexity index is 1250. The second kappa shape index (κ2) is 6.51. The lowest BCUT2D eigenvalue weighted by Crippen LogP contribution is -2.39. The Kier molecular flexibility index (Phi) is 3.85. The molecule has 136 valence electrons. The molecule has 1 aliphatic rings. The summed E-state index contributed by atoms with van der Waals surface area (Å²) in [4.78, 5) is 5.59. The Morgan fingerprint density at radius 1 is 0.857 bits per heavy atom. The molecule has 0 aliphatic heterocycles. The van der Waals surface area contributed by atoms with Gasteiger partial charge in [-0.05, 0) is 33.9 Å². The van der Waals surface area contributed by atoms with Crippen molar-refractivity contribution in [2.24, 2.45) is 0 Å². The van der Waals surface area contributed by atoms with Crippen LogP contribution in [0.15, 0.2) is 78.9 Å². The molecule has 0 radical (unpaired) electrons. The molecule has 4 nitrogen and oxygen atoms in total. The van der Waals surface area contributed by atoms with Crippen molar-refractivity contribution in [3.8, 4) is 0 Å². The van der Waals surface area contributed by atoms with Crippen LogP contribution in [0.2, 0.25) is 0 Å². The van der Waals surface area contributed by atoms with Gasteiger partial charge in [0, 0.05) is 16.6 Å². The third-order valence-electron chi connectivity index (χ3n) is 5.15. The highest BCUT2D eigenvalue weighted by atomic mass is 16.7. The number of rotatable bonds is 3. The molecule has 4 heteroatoms. The van der Waals surface area contributed by atoms with Gasteiger partial charge < -0.3 is 5.32 Å². The van der Waals surface area contributed by atoms with Crippen molar-refractivity contribution in [3.05, 3.63) is 90.0 Å². The quantitative estimate of drug-likeness (QED) is 0.290. The van der Waals surface area contributed by atoms with Crippen LogP contribution in [0.1, 0.15) is 11.1 Å². The average molecular weight is 365 g/mol. The molecular weight excluding hydrogens is 346 g/mol. The molecule has 0 aromatic heterocycles. The van der Waals surface area contributed by atoms with Crippen molar-refractivity contribution in [2.45, 2.75) is 0 Å². The highest BCUT2D eigenvalue weighted by Gasteiger charge is 2.20. The van der Waals surface area contributed by atoms with Gasteiger partial charge in [0.25, 0.3) is 0 Å². The van der Waals surface area contributed by atoms with E-state index >= 15 is 0 Å². The minimum absolute atomic E-state index is 0.162. The first-order valence-electron chi connectivity index (χ1n) is 9.17. The Morgan fingerprint density at radius 3 is 2.43 bits per heavy atom. The maximum Gasteiger partial charge on any atom is 0.225 e. The van der Waals surface area contributed by atoms with E-state index in [4.69, 9.17) is 10.2 Å². The smallest absolute Gasteiger partial charge is 0.225 e. The summed E-state index contributed by atoms with van der Waals surface area (Å²) < 4.78 is 0. The van der Waals surface area contributed by atoms with Crippen LogP contribution < -0.4 is 10.4 Å². The summed E-state index contributed by atoms with van der Waals surface area (Å²) in [6, 6.07) is 26.6. The molecule has 0 heterocycles. The Labute approximate surface area is 163 Å². The summed E-state index contributed by atoms with van der Waals surface area (Å²) >= 11 is 0. The predicted molar refractivity (Wildman–Crippen MR) is 116 cm³/mol. The highest BCUT2D eigenvalue weighted by molar-refractivity contribution is 6.13. The van der Waals surface area contributed by atoms with Crippen LogP contribution in [0.3, 0.4) is 0 Å². The second-order valence-electron chi connectivity index (χ2n) is 6.76. The Hall–Kier alpha value is -3.63. The van der Waals surface area contributed by atoms with Gasteiger partial charge >= 0.3 is 0 Å². The molecule has 0 atom stereocenters. The summed E-state index contributed by atoms with van der Waals surface area (Å²) in [5.74, 6) is 0.162. The molecule has 2 N–H and O–H groups in total. The van der Waals surface area contributed by atoms with Crippen LogP contribution in [0.5, 0.6) is 0 Å². The van der Waals surface area contributed by atoms with Crippen molar-refractivity contribution in [3.63, 3.8) is 0 Å². The lowest BCUT2D eigenvalue weighted by molar-refractivity contribution is 0.208. The molecule has 0 bridgehead atoms. The minimum atomic E-state index is 0.162. The maximum atomic E-state index is 8.67. The highest BCUT2D eigenvalue weighted by Crippen LogP contribution is 2.35. The van der Waals surface area contributed by atoms with E-state index in [2.05, 4.69) is 53.9 Å². The number of fused-ring (bicyclic) bond motifs is 1. The fourth-order valence-corrected chi connectivity index (χ4v) is 3.93. The van der Waals surface area contributed by atoms with E-state index in [0.717, 1.165) is 33.3 Å². The van der Waals surface area contributed by atoms with E-state index in [0.29, 0.717) is 0 Å². The van der Waals surface area contributed by atoms with Crippen molar-refractivity contribution in [1.82, 2.24) is 5.32 Å². The van der Waals surface area contributed by atoms with Crippen LogP contribution >= 0.6 is 0 Å². The lowest BCUT2D eigenvalue weighted by atomic mass is 10.0. The molecule has 0 spiro atoms. The van der Waals surface area contributed by atoms with Gasteiger partial charge in [0.2, 0.25) is 5.96 Å². The van der Waals surface area contributed by atoms with Gasteiger partial charge in [0.1, 0.15) is 0 Å². The van der Waals surface area contributed by atoms with Gasteiger partial charge in [-0.3, -0.25) is 10.2 Å². The number of nitrogens with zero attached hydrogens (tertiary/aromatic N) is 1. The predicted octanol–water partition coefficient (Wildman–Crippen LogP) is 5.40. The summed E-state index contributed by atoms with van der Waals surface area (Å²) in [6.07, 6.45) is 2.09. The van der Waals surface area contributed by atoms with Crippen LogP contribution in [-0.2, 0) is 4.84 Å². The lowest BCUT2D eigenvalue weighted by Gasteiger charge is -2.24. The first-order chi connectivity index (χ1) is 13.8. The minimum Gasteiger partial charge on any atom is -0.324 e. The number of hydrogen-bond donors (Lipinski definition) is 2. The van der Waals surface area contributed by atoms with Crippen LogP contribution in [0.25, 0.3) is 33.3 Å². The summed E-state index contributed by atoms with van der Waals surface area (Å²) in [6.45, 7) is 0. The number of hydrogen-bond acceptors (Lipinski definition) is 2. The molecule has 4 aromatic carbocycles. The van der Waals surface area contributed by atoms with Gasteiger partial charge in [-0.15, -0.1) is 0 Å². The van der Waals surface area contributed by atoms with Crippen LogP contribution in [0.4, 0.5) is 5.69 Å². The topological polar surface area (TPSA) is 48.4 Å². The fourth-order valence-electron chi connectivity index (χ4n) is 3.93. The molecule has 0 saturated carbocycles. The number of anilines is 1. The van der Waals surface area contributed by atoms with Gasteiger partial charge in [-0.2, -0.15) is 5.06 Å². The van der Waals surface area contributed by atoms with Gasteiger partial charge in [-0.1, -0.05) is 72.8 Å². The largest absolute Gasteiger partial charge is 0.324 e. The molecule has 28 heavy (non-hydrogen) atoms. The molecule has 5 rings (SSSR count). The van der Waals surface area contributed by atoms with E-state index in [-0.39, 0.29) is 5.96 Å². The summed E-state index contributed by atoms with van der Waals surface area (Å²) in [7, 11) is 1.58. The molecule has 1 aliphatic carbocycles. The fraction of sp³-hybridized carbons (Fsp3) is 0.0417. The molecule has 0 fully saturated rings. The van der Waals surface area contributed by atoms with Gasteiger partial charge in [-0.25, -0.2) is 0 Å². The Morgan fingerprint density at radius 2 is 1.57 bits per heavy atom. The van der Waals surface area contributed by atoms with Gasteiger partial charge in [0.05, 0.1) is 12.8 Å². The normalized spacial score (nSPS) is 12.2.